The highest BCUT2D eigenvalue weighted by Gasteiger charge is 2.00. The molecule has 0 saturated heterocycles. The van der Waals surface area contributed by atoms with Gasteiger partial charge in [0.15, 0.2) is 0 Å². The van der Waals surface area contributed by atoms with E-state index >= 15 is 0 Å². The van der Waals surface area contributed by atoms with Crippen molar-refractivity contribution in [2.75, 3.05) is 5.73 Å². The summed E-state index contributed by atoms with van der Waals surface area (Å²) in [7, 11) is 0. The Morgan fingerprint density at radius 1 is 1.19 bits per heavy atom. The van der Waals surface area contributed by atoms with Crippen molar-refractivity contribution < 1.29 is 0 Å². The second kappa shape index (κ2) is 4.99. The first-order chi connectivity index (χ1) is 7.75. The van der Waals surface area contributed by atoms with Gasteiger partial charge in [0, 0.05) is 5.75 Å². The summed E-state index contributed by atoms with van der Waals surface area (Å²) >= 11 is 1.67. The van der Waals surface area contributed by atoms with Crippen molar-refractivity contribution in [3.05, 3.63) is 47.8 Å². The van der Waals surface area contributed by atoms with Crippen LogP contribution in [-0.2, 0) is 5.75 Å². The van der Waals surface area contributed by atoms with E-state index < -0.39 is 0 Å². The van der Waals surface area contributed by atoms with Crippen molar-refractivity contribution in [3.63, 3.8) is 0 Å². The Balaban J connectivity index is 2.02. The molecule has 2 aromatic rings. The van der Waals surface area contributed by atoms with Gasteiger partial charge in [0.05, 0.1) is 12.4 Å². The predicted molar refractivity (Wildman–Crippen MR) is 67.2 cm³/mol. The molecule has 0 atom stereocenters. The standard InChI is InChI=1S/C12H13N3S/c1-9-4-2-3-5-10(9)8-16-12-7-14-11(13)6-15-12/h2-7H,8H2,1H3,(H2,13,14). The van der Waals surface area contributed by atoms with E-state index in [1.807, 2.05) is 6.07 Å². The van der Waals surface area contributed by atoms with Crippen LogP contribution in [0.3, 0.4) is 0 Å². The maximum absolute atomic E-state index is 5.48. The number of hydrogen-bond donors (Lipinski definition) is 1. The lowest BCUT2D eigenvalue weighted by atomic mass is 10.1. The average Bonchev–Trinajstić information content (AvgIpc) is 2.30. The highest BCUT2D eigenvalue weighted by atomic mass is 32.2. The Morgan fingerprint density at radius 3 is 2.69 bits per heavy atom. The molecule has 4 heteroatoms. The lowest BCUT2D eigenvalue weighted by molar-refractivity contribution is 1.06. The second-order valence-corrected chi connectivity index (χ2v) is 4.49. The molecule has 0 saturated carbocycles. The Labute approximate surface area is 99.1 Å². The second-order valence-electron chi connectivity index (χ2n) is 3.49. The molecule has 1 heterocycles. The minimum Gasteiger partial charge on any atom is -0.382 e. The van der Waals surface area contributed by atoms with Crippen LogP contribution in [0.25, 0.3) is 0 Å². The molecule has 2 rings (SSSR count). The smallest absolute Gasteiger partial charge is 0.141 e. The fraction of sp³-hybridized carbons (Fsp3) is 0.167. The van der Waals surface area contributed by atoms with Gasteiger partial charge >= 0.3 is 0 Å². The summed E-state index contributed by atoms with van der Waals surface area (Å²) in [6.07, 6.45) is 3.29. The number of thioether (sulfide) groups is 1. The molecule has 0 unspecified atom stereocenters. The molecule has 1 aromatic carbocycles. The number of nitrogen functional groups attached to an aromatic ring is 1. The molecular formula is C12H13N3S. The number of hydrogen-bond acceptors (Lipinski definition) is 4. The van der Waals surface area contributed by atoms with E-state index in [0.717, 1.165) is 10.8 Å². The van der Waals surface area contributed by atoms with Crippen LogP contribution >= 0.6 is 11.8 Å². The first-order valence-corrected chi connectivity index (χ1v) is 5.99. The molecule has 1 aromatic heterocycles. The minimum absolute atomic E-state index is 0.459. The molecular weight excluding hydrogens is 218 g/mol. The Kier molecular flexibility index (Phi) is 3.41. The van der Waals surface area contributed by atoms with Gasteiger partial charge in [-0.15, -0.1) is 11.8 Å². The van der Waals surface area contributed by atoms with Crippen LogP contribution < -0.4 is 5.73 Å². The van der Waals surface area contributed by atoms with Crippen molar-refractivity contribution in [2.45, 2.75) is 17.7 Å². The molecule has 3 nitrogen and oxygen atoms in total. The molecule has 0 bridgehead atoms. The van der Waals surface area contributed by atoms with Crippen molar-refractivity contribution in [2.24, 2.45) is 0 Å². The van der Waals surface area contributed by atoms with Crippen molar-refractivity contribution in [1.82, 2.24) is 9.97 Å². The van der Waals surface area contributed by atoms with E-state index in [2.05, 4.69) is 35.1 Å². The summed E-state index contributed by atoms with van der Waals surface area (Å²) in [5.41, 5.74) is 8.10. The Bertz CT molecular complexity index is 468. The summed E-state index contributed by atoms with van der Waals surface area (Å²) in [5, 5.41) is 0.900. The summed E-state index contributed by atoms with van der Waals surface area (Å²) in [6, 6.07) is 8.35. The number of nitrogens with zero attached hydrogens (tertiary/aromatic N) is 2. The van der Waals surface area contributed by atoms with E-state index in [9.17, 15) is 0 Å². The lowest BCUT2D eigenvalue weighted by Crippen LogP contribution is -1.92. The molecule has 2 N–H and O–H groups in total. The van der Waals surface area contributed by atoms with Crippen LogP contribution in [0, 0.1) is 6.92 Å². The predicted octanol–water partition coefficient (Wildman–Crippen LogP) is 2.66. The zero-order chi connectivity index (χ0) is 11.4. The number of aromatic nitrogens is 2. The van der Waals surface area contributed by atoms with Crippen molar-refractivity contribution in [1.29, 1.82) is 0 Å². The molecule has 0 fully saturated rings. The molecule has 0 radical (unpaired) electrons. The molecule has 16 heavy (non-hydrogen) atoms. The average molecular weight is 231 g/mol. The quantitative estimate of drug-likeness (QED) is 0.825. The van der Waals surface area contributed by atoms with E-state index in [1.54, 1.807) is 24.2 Å². The largest absolute Gasteiger partial charge is 0.382 e. The van der Waals surface area contributed by atoms with Crippen LogP contribution in [0.15, 0.2) is 41.7 Å². The summed E-state index contributed by atoms with van der Waals surface area (Å²) in [5.74, 6) is 1.37. The van der Waals surface area contributed by atoms with Gasteiger partial charge in [0.1, 0.15) is 10.8 Å². The Hall–Kier alpha value is -1.55. The maximum Gasteiger partial charge on any atom is 0.141 e. The third-order valence-corrected chi connectivity index (χ3v) is 3.25. The van der Waals surface area contributed by atoms with Gasteiger partial charge in [-0.3, -0.25) is 0 Å². The lowest BCUT2D eigenvalue weighted by Gasteiger charge is -2.04. The summed E-state index contributed by atoms with van der Waals surface area (Å²) in [4.78, 5) is 8.21. The van der Waals surface area contributed by atoms with Gasteiger partial charge < -0.3 is 5.73 Å². The zero-order valence-corrected chi connectivity index (χ0v) is 9.87. The molecule has 0 aliphatic carbocycles. The number of benzene rings is 1. The van der Waals surface area contributed by atoms with Crippen molar-refractivity contribution >= 4 is 17.6 Å². The van der Waals surface area contributed by atoms with Gasteiger partial charge in [0.2, 0.25) is 0 Å². The van der Waals surface area contributed by atoms with E-state index in [4.69, 9.17) is 5.73 Å². The number of aryl methyl sites for hydroxylation is 1. The third kappa shape index (κ3) is 2.73. The van der Waals surface area contributed by atoms with Crippen molar-refractivity contribution in [3.8, 4) is 0 Å². The topological polar surface area (TPSA) is 51.8 Å². The fourth-order valence-electron chi connectivity index (χ4n) is 1.32. The molecule has 0 aliphatic rings. The first-order valence-electron chi connectivity index (χ1n) is 5.00. The monoisotopic (exact) mass is 231 g/mol. The van der Waals surface area contributed by atoms with Gasteiger partial charge in [-0.1, -0.05) is 24.3 Å². The minimum atomic E-state index is 0.459. The van der Waals surface area contributed by atoms with Gasteiger partial charge in [-0.25, -0.2) is 9.97 Å². The van der Waals surface area contributed by atoms with Crippen LogP contribution in [0.5, 0.6) is 0 Å². The van der Waals surface area contributed by atoms with Crippen LogP contribution in [-0.4, -0.2) is 9.97 Å². The van der Waals surface area contributed by atoms with E-state index in [-0.39, 0.29) is 0 Å². The molecule has 0 aliphatic heterocycles. The van der Waals surface area contributed by atoms with Crippen LogP contribution in [0.4, 0.5) is 5.82 Å². The molecule has 0 spiro atoms. The summed E-state index contributed by atoms with van der Waals surface area (Å²) in [6.45, 7) is 2.12. The SMILES string of the molecule is Cc1ccccc1CSc1cnc(N)cn1. The number of anilines is 1. The first kappa shape index (κ1) is 11.0. The van der Waals surface area contributed by atoms with Crippen LogP contribution in [0.2, 0.25) is 0 Å². The van der Waals surface area contributed by atoms with E-state index in [0.29, 0.717) is 5.82 Å². The number of nitrogens with two attached hydrogens (primary N) is 1. The van der Waals surface area contributed by atoms with E-state index in [1.165, 1.54) is 11.1 Å². The fourth-order valence-corrected chi connectivity index (χ4v) is 2.21. The van der Waals surface area contributed by atoms with Gasteiger partial charge in [-0.05, 0) is 18.1 Å². The highest BCUT2D eigenvalue weighted by Crippen LogP contribution is 2.21. The van der Waals surface area contributed by atoms with Gasteiger partial charge in [0.25, 0.3) is 0 Å². The third-order valence-electron chi connectivity index (χ3n) is 2.28. The number of rotatable bonds is 3. The maximum atomic E-state index is 5.48. The van der Waals surface area contributed by atoms with Gasteiger partial charge in [-0.2, -0.15) is 0 Å². The summed E-state index contributed by atoms with van der Waals surface area (Å²) < 4.78 is 0. The molecule has 82 valence electrons. The Morgan fingerprint density at radius 2 is 2.00 bits per heavy atom. The normalized spacial score (nSPS) is 10.3. The van der Waals surface area contributed by atoms with Crippen LogP contribution in [0.1, 0.15) is 11.1 Å². The zero-order valence-electron chi connectivity index (χ0n) is 9.05. The molecule has 0 amide bonds. The highest BCUT2D eigenvalue weighted by molar-refractivity contribution is 7.98.